The Morgan fingerprint density at radius 2 is 1.93 bits per heavy atom. The molecular formula is C10H10O4. The quantitative estimate of drug-likeness (QED) is 0.678. The van der Waals surface area contributed by atoms with Crippen molar-refractivity contribution in [1.29, 1.82) is 0 Å². The van der Waals surface area contributed by atoms with E-state index < -0.39 is 0 Å². The molecule has 0 radical (unpaired) electrons. The fourth-order valence-electron chi connectivity index (χ4n) is 1.62. The van der Waals surface area contributed by atoms with E-state index in [1.165, 1.54) is 0 Å². The second-order valence-corrected chi connectivity index (χ2v) is 3.18. The summed E-state index contributed by atoms with van der Waals surface area (Å²) >= 11 is 0. The van der Waals surface area contributed by atoms with Crippen molar-refractivity contribution in [2.24, 2.45) is 0 Å². The van der Waals surface area contributed by atoms with Gasteiger partial charge >= 0.3 is 0 Å². The molecule has 0 N–H and O–H groups in total. The highest BCUT2D eigenvalue weighted by Crippen LogP contribution is 2.35. The molecule has 4 nitrogen and oxygen atoms in total. The lowest BCUT2D eigenvalue weighted by Crippen LogP contribution is -2.13. The molecule has 0 unspecified atom stereocenters. The fraction of sp³-hybridized carbons (Fsp3) is 0.400. The molecule has 0 amide bonds. The van der Waals surface area contributed by atoms with E-state index in [-0.39, 0.29) is 13.1 Å². The Morgan fingerprint density at radius 1 is 1.07 bits per heavy atom. The van der Waals surface area contributed by atoms with Gasteiger partial charge in [0, 0.05) is 6.07 Å². The summed E-state index contributed by atoms with van der Waals surface area (Å²) in [6.07, 6.45) is -0.280. The van der Waals surface area contributed by atoms with Crippen LogP contribution in [-0.2, 0) is 9.47 Å². The van der Waals surface area contributed by atoms with Gasteiger partial charge in [-0.25, -0.2) is 0 Å². The largest absolute Gasteiger partial charge is 0.457 e. The molecule has 74 valence electrons. The van der Waals surface area contributed by atoms with Crippen molar-refractivity contribution in [1.82, 2.24) is 0 Å². The third kappa shape index (κ3) is 1.23. The van der Waals surface area contributed by atoms with Gasteiger partial charge in [0.15, 0.2) is 6.29 Å². The Balaban J connectivity index is 1.97. The van der Waals surface area contributed by atoms with Gasteiger partial charge in [-0.2, -0.15) is 0 Å². The van der Waals surface area contributed by atoms with Crippen LogP contribution in [0.1, 0.15) is 11.9 Å². The minimum atomic E-state index is -0.280. The Hall–Kier alpha value is -1.26. The first-order valence-corrected chi connectivity index (χ1v) is 4.56. The number of ether oxygens (including phenoxy) is 4. The van der Waals surface area contributed by atoms with Crippen LogP contribution in [0, 0.1) is 0 Å². The highest BCUT2D eigenvalue weighted by atomic mass is 16.7. The molecule has 0 spiro atoms. The minimum Gasteiger partial charge on any atom is -0.457 e. The van der Waals surface area contributed by atoms with Crippen LogP contribution in [0.5, 0.6) is 11.5 Å². The van der Waals surface area contributed by atoms with Gasteiger partial charge in [-0.15, -0.1) is 0 Å². The summed E-state index contributed by atoms with van der Waals surface area (Å²) in [6, 6.07) is 5.66. The molecule has 2 aliphatic rings. The Labute approximate surface area is 81.3 Å². The smallest absolute Gasteiger partial charge is 0.230 e. The molecule has 0 aliphatic carbocycles. The number of rotatable bonds is 1. The predicted molar refractivity (Wildman–Crippen MR) is 47.2 cm³/mol. The standard InChI is InChI=1S/C10H10O4/c1-2-8(10-11-3-4-12-10)9-5-7(1)13-6-14-9/h1-2,5,10H,3-4,6H2. The van der Waals surface area contributed by atoms with Gasteiger partial charge in [0.25, 0.3) is 0 Å². The van der Waals surface area contributed by atoms with Crippen LogP contribution in [0.25, 0.3) is 0 Å². The lowest BCUT2D eigenvalue weighted by atomic mass is 10.2. The molecule has 14 heavy (non-hydrogen) atoms. The van der Waals surface area contributed by atoms with Crippen LogP contribution in [0.3, 0.4) is 0 Å². The van der Waals surface area contributed by atoms with Crippen LogP contribution in [-0.4, -0.2) is 20.0 Å². The SMILES string of the molecule is c1cc(C2OCCO2)c2cc1OCO2. The van der Waals surface area contributed by atoms with Gasteiger partial charge in [-0.1, -0.05) is 0 Å². The molecular weight excluding hydrogens is 184 g/mol. The summed E-state index contributed by atoms with van der Waals surface area (Å²) in [5, 5.41) is 0. The zero-order valence-corrected chi connectivity index (χ0v) is 7.56. The first-order valence-electron chi connectivity index (χ1n) is 4.56. The molecule has 2 aliphatic heterocycles. The van der Waals surface area contributed by atoms with E-state index in [0.29, 0.717) is 13.2 Å². The van der Waals surface area contributed by atoms with E-state index >= 15 is 0 Å². The topological polar surface area (TPSA) is 36.9 Å². The molecule has 0 atom stereocenters. The van der Waals surface area contributed by atoms with Crippen molar-refractivity contribution in [3.8, 4) is 11.5 Å². The summed E-state index contributed by atoms with van der Waals surface area (Å²) < 4.78 is 21.3. The highest BCUT2D eigenvalue weighted by molar-refractivity contribution is 5.42. The van der Waals surface area contributed by atoms with Crippen LogP contribution in [0.4, 0.5) is 0 Å². The molecule has 1 aromatic rings. The van der Waals surface area contributed by atoms with Crippen LogP contribution < -0.4 is 9.47 Å². The Bertz CT molecular complexity index is 344. The average molecular weight is 194 g/mol. The van der Waals surface area contributed by atoms with Crippen molar-refractivity contribution in [3.05, 3.63) is 23.8 Å². The van der Waals surface area contributed by atoms with Gasteiger partial charge < -0.3 is 18.9 Å². The summed E-state index contributed by atoms with van der Waals surface area (Å²) in [4.78, 5) is 0. The van der Waals surface area contributed by atoms with Crippen molar-refractivity contribution >= 4 is 0 Å². The first-order chi connectivity index (χ1) is 6.93. The van der Waals surface area contributed by atoms with Crippen LogP contribution in [0.15, 0.2) is 18.2 Å². The van der Waals surface area contributed by atoms with E-state index in [2.05, 4.69) is 0 Å². The summed E-state index contributed by atoms with van der Waals surface area (Å²) in [7, 11) is 0. The summed E-state index contributed by atoms with van der Waals surface area (Å²) in [5.74, 6) is 1.62. The zero-order chi connectivity index (χ0) is 9.38. The normalized spacial score (nSPS) is 20.3. The molecule has 2 heterocycles. The maximum Gasteiger partial charge on any atom is 0.230 e. The van der Waals surface area contributed by atoms with Gasteiger partial charge in [-0.3, -0.25) is 0 Å². The number of fused-ring (bicyclic) bond motifs is 2. The Morgan fingerprint density at radius 3 is 2.79 bits per heavy atom. The van der Waals surface area contributed by atoms with Gasteiger partial charge in [0.05, 0.1) is 18.8 Å². The number of hydrogen-bond acceptors (Lipinski definition) is 4. The minimum absolute atomic E-state index is 0.266. The third-order valence-corrected chi connectivity index (χ3v) is 2.30. The second kappa shape index (κ2) is 3.15. The maximum absolute atomic E-state index is 5.40. The van der Waals surface area contributed by atoms with Crippen molar-refractivity contribution in [3.63, 3.8) is 0 Å². The summed E-state index contributed by atoms with van der Waals surface area (Å²) in [6.45, 7) is 1.55. The van der Waals surface area contributed by atoms with Crippen molar-refractivity contribution in [2.45, 2.75) is 6.29 Å². The van der Waals surface area contributed by atoms with Gasteiger partial charge in [0.2, 0.25) is 6.79 Å². The molecule has 4 heteroatoms. The maximum atomic E-state index is 5.40. The third-order valence-electron chi connectivity index (χ3n) is 2.30. The molecule has 0 saturated carbocycles. The van der Waals surface area contributed by atoms with Crippen LogP contribution >= 0.6 is 0 Å². The lowest BCUT2D eigenvalue weighted by molar-refractivity contribution is -0.0474. The van der Waals surface area contributed by atoms with E-state index in [1.807, 2.05) is 18.2 Å². The zero-order valence-electron chi connectivity index (χ0n) is 7.56. The molecule has 2 bridgehead atoms. The average Bonchev–Trinajstić information content (AvgIpc) is 2.71. The van der Waals surface area contributed by atoms with Gasteiger partial charge in [-0.05, 0) is 12.1 Å². The monoisotopic (exact) mass is 194 g/mol. The molecule has 0 aromatic heterocycles. The summed E-state index contributed by atoms with van der Waals surface area (Å²) in [5.41, 5.74) is 0.939. The van der Waals surface area contributed by atoms with Crippen molar-refractivity contribution < 1.29 is 18.9 Å². The van der Waals surface area contributed by atoms with E-state index in [0.717, 1.165) is 17.1 Å². The first kappa shape index (κ1) is 8.08. The highest BCUT2D eigenvalue weighted by Gasteiger charge is 2.24. The fourth-order valence-corrected chi connectivity index (χ4v) is 1.62. The molecule has 3 rings (SSSR count). The van der Waals surface area contributed by atoms with E-state index in [1.54, 1.807) is 0 Å². The second-order valence-electron chi connectivity index (χ2n) is 3.18. The van der Waals surface area contributed by atoms with Crippen molar-refractivity contribution in [2.75, 3.05) is 20.0 Å². The van der Waals surface area contributed by atoms with Gasteiger partial charge in [0.1, 0.15) is 11.5 Å². The molecule has 1 saturated heterocycles. The predicted octanol–water partition coefficient (Wildman–Crippen LogP) is 1.46. The van der Waals surface area contributed by atoms with E-state index in [9.17, 15) is 0 Å². The Kier molecular flexibility index (Phi) is 1.82. The number of benzene rings is 1. The van der Waals surface area contributed by atoms with Crippen LogP contribution in [0.2, 0.25) is 0 Å². The number of hydrogen-bond donors (Lipinski definition) is 0. The van der Waals surface area contributed by atoms with E-state index in [4.69, 9.17) is 18.9 Å². The molecule has 1 fully saturated rings. The molecule has 1 aromatic carbocycles. The lowest BCUT2D eigenvalue weighted by Gasteiger charge is -2.20.